The number of hydrogen-bond acceptors (Lipinski definition) is 11. The number of aromatic nitrogens is 4. The van der Waals surface area contributed by atoms with Gasteiger partial charge in [-0.25, -0.2) is 19.7 Å². The molecule has 0 aliphatic carbocycles. The lowest BCUT2D eigenvalue weighted by atomic mass is 10.1. The number of fused-ring (bicyclic) bond motifs is 1. The van der Waals surface area contributed by atoms with Crippen LogP contribution in [0.4, 0.5) is 10.6 Å². The summed E-state index contributed by atoms with van der Waals surface area (Å²) in [4.78, 5) is 24.0. The van der Waals surface area contributed by atoms with Crippen LogP contribution >= 0.6 is 8.22 Å². The first-order valence-electron chi connectivity index (χ1n) is 7.94. The monoisotopic (exact) mass is 383 g/mol. The fraction of sp³-hybridized carbons (Fsp3) is 0.538. The van der Waals surface area contributed by atoms with Gasteiger partial charge in [0.25, 0.3) is 0 Å². The molecule has 2 aliphatic rings. The van der Waals surface area contributed by atoms with E-state index >= 15 is 0 Å². The molecule has 4 atom stereocenters. The number of rotatable bonds is 4. The van der Waals surface area contributed by atoms with Gasteiger partial charge in [-0.15, -0.1) is 0 Å². The number of nitrogens with two attached hydrogens (primary N) is 1. The number of ether oxygens (including phenoxy) is 2. The van der Waals surface area contributed by atoms with Crippen LogP contribution in [0.25, 0.3) is 11.2 Å². The van der Waals surface area contributed by atoms with Crippen molar-refractivity contribution in [2.45, 2.75) is 24.5 Å². The first kappa shape index (κ1) is 17.5. The highest BCUT2D eigenvalue weighted by Gasteiger charge is 2.45. The minimum Gasteiger partial charge on any atom is -0.458 e. The van der Waals surface area contributed by atoms with Gasteiger partial charge < -0.3 is 25.4 Å². The third-order valence-electron chi connectivity index (χ3n) is 4.22. The lowest BCUT2D eigenvalue weighted by molar-refractivity contribution is -0.0513. The fourth-order valence-corrected chi connectivity index (χ4v) is 4.14. The maximum atomic E-state index is 11.9. The Balaban J connectivity index is 1.47. The summed E-state index contributed by atoms with van der Waals surface area (Å²) >= 11 is 0. The SMILES string of the molecule is Nc1ncnc2c1ncn2[C@@H]1O[C@H](COC(=O)P2NCCN2)[C@@H](O)[C@H]1O. The molecule has 12 nitrogen and oxygen atoms in total. The Morgan fingerprint density at radius 2 is 2.12 bits per heavy atom. The number of nitrogens with zero attached hydrogens (tertiary/aromatic N) is 4. The molecule has 0 bridgehead atoms. The Hall–Kier alpha value is -1.95. The molecular formula is C13H18N7O5P. The van der Waals surface area contributed by atoms with Crippen LogP contribution in [0.3, 0.4) is 0 Å². The van der Waals surface area contributed by atoms with Gasteiger partial charge in [0, 0.05) is 13.1 Å². The van der Waals surface area contributed by atoms with Crippen LogP contribution in [-0.4, -0.2) is 73.5 Å². The van der Waals surface area contributed by atoms with E-state index in [1.54, 1.807) is 0 Å². The lowest BCUT2D eigenvalue weighted by Gasteiger charge is -2.17. The van der Waals surface area contributed by atoms with E-state index < -0.39 is 38.5 Å². The fourth-order valence-electron chi connectivity index (χ4n) is 2.89. The molecule has 2 aliphatic heterocycles. The highest BCUT2D eigenvalue weighted by molar-refractivity contribution is 7.70. The maximum absolute atomic E-state index is 11.9. The molecule has 13 heteroatoms. The lowest BCUT2D eigenvalue weighted by Crippen LogP contribution is -2.34. The van der Waals surface area contributed by atoms with Crippen LogP contribution in [0.2, 0.25) is 0 Å². The second kappa shape index (κ2) is 6.99. The number of carbonyl (C=O) groups excluding carboxylic acids is 1. The van der Waals surface area contributed by atoms with E-state index in [1.165, 1.54) is 17.2 Å². The molecule has 2 aromatic heterocycles. The average molecular weight is 383 g/mol. The summed E-state index contributed by atoms with van der Waals surface area (Å²) in [5, 5.41) is 26.6. The first-order chi connectivity index (χ1) is 12.6. The smallest absolute Gasteiger partial charge is 0.357 e. The molecule has 0 amide bonds. The summed E-state index contributed by atoms with van der Waals surface area (Å²) in [6.07, 6.45) is -1.63. The van der Waals surface area contributed by atoms with Gasteiger partial charge in [0.2, 0.25) is 0 Å². The van der Waals surface area contributed by atoms with E-state index in [9.17, 15) is 15.0 Å². The van der Waals surface area contributed by atoms with Gasteiger partial charge in [-0.05, 0) is 0 Å². The van der Waals surface area contributed by atoms with Crippen molar-refractivity contribution in [1.82, 2.24) is 29.7 Å². The molecule has 26 heavy (non-hydrogen) atoms. The normalized spacial score (nSPS) is 29.5. The Labute approximate surface area is 148 Å². The van der Waals surface area contributed by atoms with Crippen molar-refractivity contribution in [3.8, 4) is 0 Å². The van der Waals surface area contributed by atoms with Gasteiger partial charge in [0.05, 0.1) is 6.33 Å². The molecule has 2 fully saturated rings. The minimum absolute atomic E-state index is 0.181. The molecule has 0 unspecified atom stereocenters. The third-order valence-corrected chi connectivity index (χ3v) is 5.79. The number of nitrogen functional groups attached to an aromatic ring is 1. The van der Waals surface area contributed by atoms with Gasteiger partial charge in [-0.2, -0.15) is 0 Å². The molecule has 0 radical (unpaired) electrons. The molecule has 2 aromatic rings. The summed E-state index contributed by atoms with van der Waals surface area (Å²) in [5.74, 6) is 0.200. The molecule has 6 N–H and O–H groups in total. The molecular weight excluding hydrogens is 365 g/mol. The van der Waals surface area contributed by atoms with Crippen molar-refractivity contribution in [3.63, 3.8) is 0 Å². The van der Waals surface area contributed by atoms with E-state index in [2.05, 4.69) is 25.1 Å². The molecule has 2 saturated heterocycles. The number of aliphatic hydroxyl groups excluding tert-OH is 2. The molecule has 0 spiro atoms. The van der Waals surface area contributed by atoms with E-state index in [4.69, 9.17) is 15.2 Å². The van der Waals surface area contributed by atoms with Crippen LogP contribution in [0.15, 0.2) is 12.7 Å². The second-order valence-corrected chi connectivity index (χ2v) is 7.53. The van der Waals surface area contributed by atoms with E-state index in [-0.39, 0.29) is 12.4 Å². The van der Waals surface area contributed by atoms with Crippen molar-refractivity contribution >= 4 is 30.9 Å². The van der Waals surface area contributed by atoms with Crippen LogP contribution in [0.1, 0.15) is 6.23 Å². The Morgan fingerprint density at radius 3 is 2.88 bits per heavy atom. The van der Waals surface area contributed by atoms with Gasteiger partial charge >= 0.3 is 5.71 Å². The number of aliphatic hydroxyl groups is 2. The third kappa shape index (κ3) is 3.00. The quantitative estimate of drug-likeness (QED) is 0.396. The van der Waals surface area contributed by atoms with Crippen LogP contribution in [-0.2, 0) is 9.47 Å². The number of imidazole rings is 1. The molecule has 0 aromatic carbocycles. The van der Waals surface area contributed by atoms with E-state index in [0.29, 0.717) is 24.3 Å². The zero-order valence-corrected chi connectivity index (χ0v) is 14.4. The Kier molecular flexibility index (Phi) is 4.69. The zero-order chi connectivity index (χ0) is 18.3. The zero-order valence-electron chi connectivity index (χ0n) is 13.5. The predicted molar refractivity (Wildman–Crippen MR) is 89.9 cm³/mol. The van der Waals surface area contributed by atoms with Gasteiger partial charge in [0.1, 0.15) is 36.8 Å². The highest BCUT2D eigenvalue weighted by Crippen LogP contribution is 2.34. The van der Waals surface area contributed by atoms with Crippen molar-refractivity contribution < 1.29 is 24.5 Å². The molecule has 0 saturated carbocycles. The summed E-state index contributed by atoms with van der Waals surface area (Å²) < 4.78 is 12.4. The van der Waals surface area contributed by atoms with Gasteiger partial charge in [0.15, 0.2) is 25.9 Å². The number of anilines is 1. The molecule has 140 valence electrons. The standard InChI is InChI=1S/C13H18N7O5P/c14-10-7-11(16-4-15-10)20(5-17-7)12-9(22)8(21)6(25-12)3-24-13(23)26-18-1-2-19-26/h4-6,8-9,12,18-19,21-22H,1-3H2,(H2,14,15,16)/t6-,8-,9-,12-/m1/s1. The highest BCUT2D eigenvalue weighted by atomic mass is 31.1. The largest absolute Gasteiger partial charge is 0.458 e. The second-order valence-electron chi connectivity index (χ2n) is 5.86. The van der Waals surface area contributed by atoms with Crippen LogP contribution in [0, 0.1) is 0 Å². The molecule has 4 rings (SSSR count). The van der Waals surface area contributed by atoms with Crippen LogP contribution < -0.4 is 15.9 Å². The van der Waals surface area contributed by atoms with E-state index in [1.807, 2.05) is 0 Å². The summed E-state index contributed by atoms with van der Waals surface area (Å²) in [7, 11) is -1.23. The maximum Gasteiger partial charge on any atom is 0.357 e. The minimum atomic E-state index is -1.25. The number of hydrogen-bond donors (Lipinski definition) is 5. The summed E-state index contributed by atoms with van der Waals surface area (Å²) in [6, 6.07) is 0. The number of carbonyl (C=O) groups is 1. The summed E-state index contributed by atoms with van der Waals surface area (Å²) in [5.41, 5.74) is 6.06. The Bertz CT molecular complexity index is 813. The van der Waals surface area contributed by atoms with Gasteiger partial charge in [-0.1, -0.05) is 0 Å². The van der Waals surface area contributed by atoms with Crippen molar-refractivity contribution in [1.29, 1.82) is 0 Å². The first-order valence-corrected chi connectivity index (χ1v) is 9.29. The van der Waals surface area contributed by atoms with Crippen molar-refractivity contribution in [3.05, 3.63) is 12.7 Å². The average Bonchev–Trinajstić information content (AvgIpc) is 3.35. The predicted octanol–water partition coefficient (Wildman–Crippen LogP) is -1.33. The topological polar surface area (TPSA) is 170 Å². The molecule has 4 heterocycles. The summed E-state index contributed by atoms with van der Waals surface area (Å²) in [6.45, 7) is 1.21. The van der Waals surface area contributed by atoms with Crippen LogP contribution in [0.5, 0.6) is 0 Å². The number of nitrogens with one attached hydrogen (secondary N) is 2. The van der Waals surface area contributed by atoms with Crippen molar-refractivity contribution in [2.75, 3.05) is 25.4 Å². The van der Waals surface area contributed by atoms with E-state index in [0.717, 1.165) is 0 Å². The van der Waals surface area contributed by atoms with Crippen molar-refractivity contribution in [2.24, 2.45) is 0 Å². The Morgan fingerprint density at radius 1 is 1.35 bits per heavy atom. The van der Waals surface area contributed by atoms with Gasteiger partial charge in [-0.3, -0.25) is 14.7 Å².